The Morgan fingerprint density at radius 2 is 1.93 bits per heavy atom. The minimum Gasteiger partial charge on any atom is -0.492 e. The third kappa shape index (κ3) is 1.91. The fourth-order valence-electron chi connectivity index (χ4n) is 1.22. The van der Waals surface area contributed by atoms with Crippen molar-refractivity contribution in [2.75, 3.05) is 14.2 Å². The van der Waals surface area contributed by atoms with Crippen LogP contribution < -0.4 is 9.47 Å². The summed E-state index contributed by atoms with van der Waals surface area (Å²) in [7, 11) is 3.04. The summed E-state index contributed by atoms with van der Waals surface area (Å²) in [5.41, 5.74) is 0.774. The lowest BCUT2D eigenvalue weighted by molar-refractivity contribution is 0.352. The molecule has 1 rings (SSSR count). The molecule has 74 valence electrons. The molecule has 14 heavy (non-hydrogen) atoms. The van der Waals surface area contributed by atoms with E-state index in [1.807, 2.05) is 0 Å². The van der Waals surface area contributed by atoms with Crippen LogP contribution in [0.15, 0.2) is 12.1 Å². The van der Waals surface area contributed by atoms with Gasteiger partial charge in [-0.3, -0.25) is 0 Å². The molecule has 4 heteroatoms. The Hall–Kier alpha value is -1.40. The Labute approximate surface area is 87.8 Å². The van der Waals surface area contributed by atoms with E-state index in [1.165, 1.54) is 14.2 Å². The molecule has 0 aliphatic heterocycles. The fraction of sp³-hybridized carbons (Fsp3) is 0.300. The van der Waals surface area contributed by atoms with Crippen LogP contribution in [0.5, 0.6) is 11.5 Å². The van der Waals surface area contributed by atoms with Crippen molar-refractivity contribution in [3.05, 3.63) is 22.7 Å². The molecule has 3 nitrogen and oxygen atoms in total. The van der Waals surface area contributed by atoms with Gasteiger partial charge in [-0.25, -0.2) is 0 Å². The Balaban J connectivity index is 3.27. The zero-order chi connectivity index (χ0) is 10.6. The first-order valence-corrected chi connectivity index (χ1v) is 4.38. The quantitative estimate of drug-likeness (QED) is 0.771. The molecule has 0 aromatic heterocycles. The van der Waals surface area contributed by atoms with Gasteiger partial charge in [0.05, 0.1) is 31.7 Å². The number of rotatable bonds is 3. The topological polar surface area (TPSA) is 42.2 Å². The van der Waals surface area contributed by atoms with Crippen LogP contribution in [0, 0.1) is 11.3 Å². The summed E-state index contributed by atoms with van der Waals surface area (Å²) in [4.78, 5) is 0. The number of nitriles is 1. The van der Waals surface area contributed by atoms with Crippen LogP contribution in [0.2, 0.25) is 5.02 Å². The van der Waals surface area contributed by atoms with Crippen molar-refractivity contribution in [3.63, 3.8) is 0 Å². The van der Waals surface area contributed by atoms with Gasteiger partial charge in [0.15, 0.2) is 11.5 Å². The number of benzene rings is 1. The minimum atomic E-state index is 0.275. The molecule has 0 saturated carbocycles. The molecular weight excluding hydrogens is 202 g/mol. The highest BCUT2D eigenvalue weighted by atomic mass is 35.5. The second kappa shape index (κ2) is 4.73. The van der Waals surface area contributed by atoms with Gasteiger partial charge in [-0.2, -0.15) is 5.26 Å². The van der Waals surface area contributed by atoms with Crippen molar-refractivity contribution in [3.8, 4) is 17.6 Å². The summed E-state index contributed by atoms with van der Waals surface area (Å²) in [6, 6.07) is 5.50. The van der Waals surface area contributed by atoms with E-state index in [2.05, 4.69) is 6.07 Å². The molecule has 0 bridgehead atoms. The highest BCUT2D eigenvalue weighted by Gasteiger charge is 2.13. The van der Waals surface area contributed by atoms with Crippen LogP contribution in [0.25, 0.3) is 0 Å². The highest BCUT2D eigenvalue weighted by Crippen LogP contribution is 2.37. The minimum absolute atomic E-state index is 0.275. The van der Waals surface area contributed by atoms with E-state index < -0.39 is 0 Å². The second-order valence-corrected chi connectivity index (χ2v) is 3.02. The van der Waals surface area contributed by atoms with Gasteiger partial charge in [-0.1, -0.05) is 17.7 Å². The smallest absolute Gasteiger partial charge is 0.179 e. The van der Waals surface area contributed by atoms with E-state index in [-0.39, 0.29) is 6.42 Å². The van der Waals surface area contributed by atoms with Gasteiger partial charge in [-0.05, 0) is 6.07 Å². The molecule has 0 heterocycles. The predicted octanol–water partition coefficient (Wildman–Crippen LogP) is 2.42. The standard InChI is InChI=1S/C10H10ClNO2/c1-13-9-7(5-6-12)3-4-8(11)10(9)14-2/h3-4H,5H2,1-2H3. The Kier molecular flexibility index (Phi) is 3.61. The summed E-state index contributed by atoms with van der Waals surface area (Å²) < 4.78 is 10.2. The summed E-state index contributed by atoms with van der Waals surface area (Å²) in [5, 5.41) is 9.07. The maximum Gasteiger partial charge on any atom is 0.179 e. The average Bonchev–Trinajstić information content (AvgIpc) is 2.20. The number of hydrogen-bond acceptors (Lipinski definition) is 3. The largest absolute Gasteiger partial charge is 0.492 e. The van der Waals surface area contributed by atoms with E-state index in [4.69, 9.17) is 26.3 Å². The maximum atomic E-state index is 8.59. The van der Waals surface area contributed by atoms with Crippen molar-refractivity contribution >= 4 is 11.6 Å². The Morgan fingerprint density at radius 1 is 1.29 bits per heavy atom. The van der Waals surface area contributed by atoms with Crippen molar-refractivity contribution in [1.29, 1.82) is 5.26 Å². The normalized spacial score (nSPS) is 9.29. The number of nitrogens with zero attached hydrogens (tertiary/aromatic N) is 1. The number of halogens is 1. The van der Waals surface area contributed by atoms with Gasteiger partial charge in [0.1, 0.15) is 0 Å². The van der Waals surface area contributed by atoms with Crippen LogP contribution in [0.1, 0.15) is 5.56 Å². The number of ether oxygens (including phenoxy) is 2. The molecule has 0 radical (unpaired) electrons. The van der Waals surface area contributed by atoms with Crippen LogP contribution >= 0.6 is 11.6 Å². The number of hydrogen-bond donors (Lipinski definition) is 0. The molecule has 1 aromatic carbocycles. The van der Waals surface area contributed by atoms with Crippen LogP contribution in [-0.2, 0) is 6.42 Å². The first-order chi connectivity index (χ1) is 6.74. The SMILES string of the molecule is COc1c(Cl)ccc(CC#N)c1OC. The van der Waals surface area contributed by atoms with E-state index in [0.29, 0.717) is 16.5 Å². The number of methoxy groups -OCH3 is 2. The van der Waals surface area contributed by atoms with Gasteiger partial charge in [0.2, 0.25) is 0 Å². The monoisotopic (exact) mass is 211 g/mol. The lowest BCUT2D eigenvalue weighted by Crippen LogP contribution is -1.96. The molecule has 0 spiro atoms. The molecule has 0 aliphatic rings. The van der Waals surface area contributed by atoms with E-state index in [0.717, 1.165) is 5.56 Å². The van der Waals surface area contributed by atoms with Crippen LogP contribution in [-0.4, -0.2) is 14.2 Å². The van der Waals surface area contributed by atoms with E-state index in [9.17, 15) is 0 Å². The molecule has 0 N–H and O–H groups in total. The first kappa shape index (κ1) is 10.7. The Bertz CT molecular complexity index is 371. The lowest BCUT2D eigenvalue weighted by Gasteiger charge is -2.11. The fourth-order valence-corrected chi connectivity index (χ4v) is 1.44. The average molecular weight is 212 g/mol. The molecule has 0 atom stereocenters. The zero-order valence-corrected chi connectivity index (χ0v) is 8.76. The third-order valence-corrected chi connectivity index (χ3v) is 2.12. The van der Waals surface area contributed by atoms with Gasteiger partial charge in [-0.15, -0.1) is 0 Å². The summed E-state index contributed by atoms with van der Waals surface area (Å²) in [5.74, 6) is 1.00. The van der Waals surface area contributed by atoms with Crippen molar-refractivity contribution in [1.82, 2.24) is 0 Å². The lowest BCUT2D eigenvalue weighted by atomic mass is 10.1. The van der Waals surface area contributed by atoms with Gasteiger partial charge < -0.3 is 9.47 Å². The van der Waals surface area contributed by atoms with Crippen LogP contribution in [0.3, 0.4) is 0 Å². The van der Waals surface area contributed by atoms with Crippen molar-refractivity contribution < 1.29 is 9.47 Å². The van der Waals surface area contributed by atoms with Gasteiger partial charge in [0, 0.05) is 5.56 Å². The predicted molar refractivity (Wildman–Crippen MR) is 53.9 cm³/mol. The second-order valence-electron chi connectivity index (χ2n) is 2.61. The van der Waals surface area contributed by atoms with Gasteiger partial charge in [0.25, 0.3) is 0 Å². The third-order valence-electron chi connectivity index (χ3n) is 1.82. The molecule has 0 aliphatic carbocycles. The summed E-state index contributed by atoms with van der Waals surface area (Å²) in [6.07, 6.45) is 0.275. The molecule has 0 amide bonds. The molecule has 0 saturated heterocycles. The molecular formula is C10H10ClNO2. The van der Waals surface area contributed by atoms with E-state index in [1.54, 1.807) is 12.1 Å². The van der Waals surface area contributed by atoms with Crippen molar-refractivity contribution in [2.45, 2.75) is 6.42 Å². The highest BCUT2D eigenvalue weighted by molar-refractivity contribution is 6.32. The van der Waals surface area contributed by atoms with Crippen LogP contribution in [0.4, 0.5) is 0 Å². The zero-order valence-electron chi connectivity index (χ0n) is 8.00. The summed E-state index contributed by atoms with van der Waals surface area (Å²) in [6.45, 7) is 0. The maximum absolute atomic E-state index is 8.59. The Morgan fingerprint density at radius 3 is 2.43 bits per heavy atom. The van der Waals surface area contributed by atoms with Gasteiger partial charge >= 0.3 is 0 Å². The molecule has 1 aromatic rings. The molecule has 0 unspecified atom stereocenters. The summed E-state index contributed by atoms with van der Waals surface area (Å²) >= 11 is 5.89. The van der Waals surface area contributed by atoms with Crippen molar-refractivity contribution in [2.24, 2.45) is 0 Å². The first-order valence-electron chi connectivity index (χ1n) is 4.01. The molecule has 0 fully saturated rings. The van der Waals surface area contributed by atoms with E-state index >= 15 is 0 Å².